The summed E-state index contributed by atoms with van der Waals surface area (Å²) in [6.07, 6.45) is 5.37. The monoisotopic (exact) mass is 465 g/mol. The van der Waals surface area contributed by atoms with E-state index in [0.29, 0.717) is 17.5 Å². The lowest BCUT2D eigenvalue weighted by Crippen LogP contribution is -2.41. The smallest absolute Gasteiger partial charge is 0.230 e. The van der Waals surface area contributed by atoms with E-state index in [2.05, 4.69) is 45.5 Å². The summed E-state index contributed by atoms with van der Waals surface area (Å²) in [6, 6.07) is 16.4. The summed E-state index contributed by atoms with van der Waals surface area (Å²) in [5.41, 5.74) is 3.35. The van der Waals surface area contributed by atoms with Crippen molar-refractivity contribution in [3.05, 3.63) is 66.0 Å². The number of likely N-dealkylation sites (tertiary alicyclic amines) is 1. The maximum atomic E-state index is 12.7. The number of nitrogens with one attached hydrogen (secondary N) is 1. The van der Waals surface area contributed by atoms with Gasteiger partial charge < -0.3 is 10.1 Å². The largest absolute Gasteiger partial charge is 0.497 e. The molecule has 2 aromatic carbocycles. The Kier molecular flexibility index (Phi) is 8.01. The fourth-order valence-electron chi connectivity index (χ4n) is 4.23. The third kappa shape index (κ3) is 5.94. The first-order valence-corrected chi connectivity index (χ1v) is 12.4. The Balaban J connectivity index is 1.38. The van der Waals surface area contributed by atoms with E-state index in [9.17, 15) is 4.79 Å². The van der Waals surface area contributed by atoms with Crippen molar-refractivity contribution in [2.75, 3.05) is 32.5 Å². The van der Waals surface area contributed by atoms with Gasteiger partial charge in [0.1, 0.15) is 12.1 Å². The van der Waals surface area contributed by atoms with Crippen LogP contribution in [0.4, 0.5) is 0 Å². The molecule has 1 N–H and O–H groups in total. The van der Waals surface area contributed by atoms with E-state index in [1.807, 2.05) is 34.9 Å². The molecular weight excluding hydrogens is 434 g/mol. The van der Waals surface area contributed by atoms with E-state index in [0.717, 1.165) is 30.1 Å². The number of thioether (sulfide) groups is 1. The number of aryl methyl sites for hydroxylation is 1. The van der Waals surface area contributed by atoms with Crippen LogP contribution in [-0.4, -0.2) is 58.1 Å². The van der Waals surface area contributed by atoms with Gasteiger partial charge in [0.2, 0.25) is 5.91 Å². The van der Waals surface area contributed by atoms with Gasteiger partial charge in [-0.15, -0.1) is 10.2 Å². The van der Waals surface area contributed by atoms with Crippen molar-refractivity contribution in [3.63, 3.8) is 0 Å². The fourth-order valence-corrected chi connectivity index (χ4v) is 4.98. The van der Waals surface area contributed by atoms with Crippen molar-refractivity contribution in [1.82, 2.24) is 25.0 Å². The number of ether oxygens (including phenoxy) is 1. The minimum absolute atomic E-state index is 0.00476. The Morgan fingerprint density at radius 2 is 1.88 bits per heavy atom. The topological polar surface area (TPSA) is 72.3 Å². The van der Waals surface area contributed by atoms with Gasteiger partial charge in [0.15, 0.2) is 5.16 Å². The van der Waals surface area contributed by atoms with Gasteiger partial charge in [-0.3, -0.25) is 14.3 Å². The lowest BCUT2D eigenvalue weighted by Gasteiger charge is -2.35. The van der Waals surface area contributed by atoms with Crippen molar-refractivity contribution in [2.24, 2.45) is 0 Å². The second-order valence-corrected chi connectivity index (χ2v) is 9.19. The number of para-hydroxylation sites is 1. The van der Waals surface area contributed by atoms with Crippen molar-refractivity contribution in [3.8, 4) is 11.4 Å². The zero-order valence-corrected chi connectivity index (χ0v) is 20.1. The molecule has 0 saturated carbocycles. The highest BCUT2D eigenvalue weighted by atomic mass is 32.2. The third-order valence-corrected chi connectivity index (χ3v) is 6.99. The number of amides is 1. The number of benzene rings is 2. The molecule has 4 rings (SSSR count). The molecule has 3 aromatic rings. The molecule has 174 valence electrons. The second-order valence-electron chi connectivity index (χ2n) is 8.25. The summed E-state index contributed by atoms with van der Waals surface area (Å²) in [5, 5.41) is 12.1. The Labute approximate surface area is 199 Å². The number of piperidine rings is 1. The van der Waals surface area contributed by atoms with E-state index >= 15 is 0 Å². The molecule has 0 spiro atoms. The molecule has 8 heteroatoms. The van der Waals surface area contributed by atoms with Crippen LogP contribution < -0.4 is 10.1 Å². The summed E-state index contributed by atoms with van der Waals surface area (Å²) in [5.74, 6) is 1.13. The summed E-state index contributed by atoms with van der Waals surface area (Å²) < 4.78 is 7.24. The summed E-state index contributed by atoms with van der Waals surface area (Å²) in [4.78, 5) is 15.2. The molecule has 1 aliphatic heterocycles. The quantitative estimate of drug-likeness (QED) is 0.481. The molecule has 2 heterocycles. The SMILES string of the molecule is COc1ccc(C(CNC(=O)CSc2nncn2-c2ccccc2C)N2CCCCC2)cc1. The number of carbonyl (C=O) groups is 1. The van der Waals surface area contributed by atoms with Crippen molar-refractivity contribution >= 4 is 17.7 Å². The highest BCUT2D eigenvalue weighted by Gasteiger charge is 2.23. The maximum absolute atomic E-state index is 12.7. The van der Waals surface area contributed by atoms with Crippen molar-refractivity contribution in [2.45, 2.75) is 37.4 Å². The molecule has 1 unspecified atom stereocenters. The Morgan fingerprint density at radius 1 is 1.12 bits per heavy atom. The lowest BCUT2D eigenvalue weighted by molar-refractivity contribution is -0.118. The Morgan fingerprint density at radius 3 is 2.61 bits per heavy atom. The molecule has 1 aliphatic rings. The molecule has 7 nitrogen and oxygen atoms in total. The number of nitrogens with zero attached hydrogens (tertiary/aromatic N) is 4. The molecule has 1 amide bonds. The standard InChI is InChI=1S/C25H31N5O2S/c1-19-8-4-5-9-22(19)30-18-27-28-25(30)33-17-24(31)26-16-23(29-14-6-3-7-15-29)20-10-12-21(32-2)13-11-20/h4-5,8-13,18,23H,3,6-7,14-17H2,1-2H3,(H,26,31). The van der Waals surface area contributed by atoms with Crippen LogP contribution in [-0.2, 0) is 4.79 Å². The summed E-state index contributed by atoms with van der Waals surface area (Å²) in [7, 11) is 1.68. The third-order valence-electron chi connectivity index (χ3n) is 6.05. The second kappa shape index (κ2) is 11.3. The van der Waals surface area contributed by atoms with Crippen LogP contribution in [0, 0.1) is 6.92 Å². The minimum atomic E-state index is -0.00476. The zero-order valence-electron chi connectivity index (χ0n) is 19.2. The van der Waals surface area contributed by atoms with Gasteiger partial charge >= 0.3 is 0 Å². The minimum Gasteiger partial charge on any atom is -0.497 e. The van der Waals surface area contributed by atoms with Gasteiger partial charge in [-0.1, -0.05) is 48.5 Å². The number of carbonyl (C=O) groups excluding carboxylic acids is 1. The molecule has 1 saturated heterocycles. The zero-order chi connectivity index (χ0) is 23.0. The fraction of sp³-hybridized carbons (Fsp3) is 0.400. The van der Waals surface area contributed by atoms with E-state index < -0.39 is 0 Å². The first kappa shape index (κ1) is 23.3. The van der Waals surface area contributed by atoms with Crippen LogP contribution in [0.2, 0.25) is 0 Å². The van der Waals surface area contributed by atoms with Gasteiger partial charge in [-0.05, 0) is 62.2 Å². The predicted molar refractivity (Wildman–Crippen MR) is 131 cm³/mol. The van der Waals surface area contributed by atoms with Crippen molar-refractivity contribution in [1.29, 1.82) is 0 Å². The first-order valence-electron chi connectivity index (χ1n) is 11.4. The maximum Gasteiger partial charge on any atom is 0.230 e. The Bertz CT molecular complexity index is 1050. The van der Waals surface area contributed by atoms with E-state index in [4.69, 9.17) is 4.74 Å². The molecule has 0 aliphatic carbocycles. The van der Waals surface area contributed by atoms with Crippen LogP contribution in [0.5, 0.6) is 5.75 Å². The highest BCUT2D eigenvalue weighted by Crippen LogP contribution is 2.26. The van der Waals surface area contributed by atoms with E-state index in [1.165, 1.54) is 36.6 Å². The van der Waals surface area contributed by atoms with Crippen LogP contribution in [0.15, 0.2) is 60.0 Å². The molecule has 1 atom stereocenters. The molecule has 1 fully saturated rings. The number of rotatable bonds is 9. The van der Waals surface area contributed by atoms with Crippen LogP contribution in [0.3, 0.4) is 0 Å². The summed E-state index contributed by atoms with van der Waals surface area (Å²) in [6.45, 7) is 4.74. The molecule has 33 heavy (non-hydrogen) atoms. The normalized spacial score (nSPS) is 15.2. The van der Waals surface area contributed by atoms with Gasteiger partial charge in [0, 0.05) is 6.54 Å². The molecule has 1 aromatic heterocycles. The van der Waals surface area contributed by atoms with Crippen LogP contribution in [0.1, 0.15) is 36.4 Å². The van der Waals surface area contributed by atoms with Gasteiger partial charge in [-0.25, -0.2) is 0 Å². The number of hydrogen-bond acceptors (Lipinski definition) is 6. The predicted octanol–water partition coefficient (Wildman–Crippen LogP) is 4.02. The average Bonchev–Trinajstić information content (AvgIpc) is 3.32. The molecule has 0 bridgehead atoms. The van der Waals surface area contributed by atoms with Crippen LogP contribution in [0.25, 0.3) is 5.69 Å². The van der Waals surface area contributed by atoms with Crippen molar-refractivity contribution < 1.29 is 9.53 Å². The van der Waals surface area contributed by atoms with Gasteiger partial charge in [0.25, 0.3) is 0 Å². The first-order chi connectivity index (χ1) is 16.2. The Hall–Kier alpha value is -2.84. The van der Waals surface area contributed by atoms with Gasteiger partial charge in [-0.2, -0.15) is 0 Å². The van der Waals surface area contributed by atoms with E-state index in [1.54, 1.807) is 13.4 Å². The van der Waals surface area contributed by atoms with E-state index in [-0.39, 0.29) is 11.9 Å². The average molecular weight is 466 g/mol. The number of methoxy groups -OCH3 is 1. The molecular formula is C25H31N5O2S. The number of hydrogen-bond donors (Lipinski definition) is 1. The number of aromatic nitrogens is 3. The lowest BCUT2D eigenvalue weighted by atomic mass is 10.0. The summed E-state index contributed by atoms with van der Waals surface area (Å²) >= 11 is 1.40. The molecule has 0 radical (unpaired) electrons. The van der Waals surface area contributed by atoms with Gasteiger partial charge in [0.05, 0.1) is 24.6 Å². The highest BCUT2D eigenvalue weighted by molar-refractivity contribution is 7.99. The van der Waals surface area contributed by atoms with Crippen LogP contribution >= 0.6 is 11.8 Å².